The Kier molecular flexibility index (Phi) is 6.96. The Balaban J connectivity index is 2.37. The molecule has 100 valence electrons. The predicted molar refractivity (Wildman–Crippen MR) is 70.8 cm³/mol. The highest BCUT2D eigenvalue weighted by Gasteiger charge is 2.20. The van der Waals surface area contributed by atoms with Crippen molar-refractivity contribution in [1.82, 2.24) is 10.3 Å². The summed E-state index contributed by atoms with van der Waals surface area (Å²) >= 11 is 0. The molecule has 0 spiro atoms. The van der Waals surface area contributed by atoms with E-state index in [1.165, 1.54) is 19.3 Å². The summed E-state index contributed by atoms with van der Waals surface area (Å²) in [5.41, 5.74) is 2.73. The molecule has 0 aromatic carbocycles. The minimum Gasteiger partial charge on any atom is -0.382 e. The van der Waals surface area contributed by atoms with Crippen LogP contribution in [0.5, 0.6) is 0 Å². The molecule has 3 N–H and O–H groups in total. The van der Waals surface area contributed by atoms with Gasteiger partial charge in [0.15, 0.2) is 0 Å². The van der Waals surface area contributed by atoms with Gasteiger partial charge in [0, 0.05) is 32.3 Å². The molecule has 0 aromatic heterocycles. The lowest BCUT2D eigenvalue weighted by Crippen LogP contribution is -2.50. The van der Waals surface area contributed by atoms with E-state index in [0.29, 0.717) is 6.04 Å². The molecule has 0 radical (unpaired) electrons. The summed E-state index contributed by atoms with van der Waals surface area (Å²) in [4.78, 5) is 6.78. The lowest BCUT2D eigenvalue weighted by molar-refractivity contribution is 0.146. The average Bonchev–Trinajstić information content (AvgIpc) is 2.35. The number of ether oxygens (including phenoxy) is 1. The molecule has 0 aromatic rings. The first-order valence-corrected chi connectivity index (χ1v) is 6.65. The normalized spacial score (nSPS) is 21.7. The minimum absolute atomic E-state index is 0.533. The van der Waals surface area contributed by atoms with Crippen molar-refractivity contribution in [3.8, 4) is 0 Å². The van der Waals surface area contributed by atoms with Gasteiger partial charge < -0.3 is 9.64 Å². The second-order valence-corrected chi connectivity index (χ2v) is 4.44. The van der Waals surface area contributed by atoms with Crippen LogP contribution in [0.2, 0.25) is 0 Å². The summed E-state index contributed by atoms with van der Waals surface area (Å²) in [6.45, 7) is 7.60. The number of nitrogens with two attached hydrogens (primary N) is 1. The monoisotopic (exact) mass is 242 g/mol. The van der Waals surface area contributed by atoms with Crippen LogP contribution in [0.25, 0.3) is 0 Å². The van der Waals surface area contributed by atoms with Gasteiger partial charge >= 0.3 is 0 Å². The van der Waals surface area contributed by atoms with Crippen molar-refractivity contribution in [1.29, 1.82) is 0 Å². The fourth-order valence-electron chi connectivity index (χ4n) is 2.13. The zero-order valence-corrected chi connectivity index (χ0v) is 11.1. The number of likely N-dealkylation sites (tertiary alicyclic amines) is 1. The molecule has 1 unspecified atom stereocenters. The van der Waals surface area contributed by atoms with Gasteiger partial charge in [0.1, 0.15) is 0 Å². The van der Waals surface area contributed by atoms with E-state index in [9.17, 15) is 0 Å². The molecule has 17 heavy (non-hydrogen) atoms. The van der Waals surface area contributed by atoms with Crippen molar-refractivity contribution in [2.24, 2.45) is 10.8 Å². The van der Waals surface area contributed by atoms with E-state index >= 15 is 0 Å². The fourth-order valence-corrected chi connectivity index (χ4v) is 2.13. The van der Waals surface area contributed by atoms with E-state index < -0.39 is 0 Å². The topological polar surface area (TPSA) is 62.9 Å². The number of rotatable bonds is 5. The highest BCUT2D eigenvalue weighted by atomic mass is 16.5. The molecular formula is C12H26N4O. The summed E-state index contributed by atoms with van der Waals surface area (Å²) in [5.74, 6) is 6.38. The maximum absolute atomic E-state index is 5.55. The zero-order chi connectivity index (χ0) is 12.5. The third-order valence-corrected chi connectivity index (χ3v) is 3.12. The van der Waals surface area contributed by atoms with E-state index in [1.54, 1.807) is 0 Å². The van der Waals surface area contributed by atoms with Gasteiger partial charge in [0.25, 0.3) is 0 Å². The molecule has 5 heteroatoms. The fraction of sp³-hybridized carbons (Fsp3) is 0.917. The van der Waals surface area contributed by atoms with Gasteiger partial charge in [-0.3, -0.25) is 10.4 Å². The molecular weight excluding hydrogens is 216 g/mol. The van der Waals surface area contributed by atoms with Crippen molar-refractivity contribution < 1.29 is 4.74 Å². The van der Waals surface area contributed by atoms with E-state index in [0.717, 1.165) is 38.7 Å². The van der Waals surface area contributed by atoms with Gasteiger partial charge in [0.05, 0.1) is 0 Å². The zero-order valence-electron chi connectivity index (χ0n) is 11.1. The first-order chi connectivity index (χ1) is 8.29. The van der Waals surface area contributed by atoms with E-state index in [-0.39, 0.29) is 0 Å². The van der Waals surface area contributed by atoms with E-state index in [4.69, 9.17) is 10.6 Å². The molecule has 1 heterocycles. The van der Waals surface area contributed by atoms with Gasteiger partial charge in [-0.1, -0.05) is 0 Å². The molecule has 1 aliphatic heterocycles. The molecule has 1 rings (SSSR count). The Labute approximate surface area is 104 Å². The third kappa shape index (κ3) is 4.91. The molecule has 0 amide bonds. The Bertz CT molecular complexity index is 233. The summed E-state index contributed by atoms with van der Waals surface area (Å²) in [6, 6.07) is 0.533. The number of nitrogens with zero attached hydrogens (tertiary/aromatic N) is 2. The van der Waals surface area contributed by atoms with E-state index in [1.807, 2.05) is 6.92 Å². The van der Waals surface area contributed by atoms with Crippen LogP contribution in [-0.4, -0.2) is 43.2 Å². The quantitative estimate of drug-likeness (QED) is 0.249. The van der Waals surface area contributed by atoms with Gasteiger partial charge in [0.2, 0.25) is 5.96 Å². The number of aliphatic imine (C=N–C) groups is 1. The molecule has 5 nitrogen and oxygen atoms in total. The summed E-state index contributed by atoms with van der Waals surface area (Å²) in [7, 11) is 0. The lowest BCUT2D eigenvalue weighted by atomic mass is 10.0. The van der Waals surface area contributed by atoms with Gasteiger partial charge in [-0.2, -0.15) is 0 Å². The Morgan fingerprint density at radius 1 is 1.53 bits per heavy atom. The summed E-state index contributed by atoms with van der Waals surface area (Å²) in [5, 5.41) is 0. The van der Waals surface area contributed by atoms with Crippen molar-refractivity contribution in [2.45, 2.75) is 45.6 Å². The number of piperidine rings is 1. The van der Waals surface area contributed by atoms with Crippen LogP contribution in [-0.2, 0) is 4.74 Å². The van der Waals surface area contributed by atoms with Crippen LogP contribution in [0.1, 0.15) is 39.5 Å². The highest BCUT2D eigenvalue weighted by molar-refractivity contribution is 5.79. The average molecular weight is 242 g/mol. The maximum Gasteiger partial charge on any atom is 0.208 e. The first-order valence-electron chi connectivity index (χ1n) is 6.65. The number of hydrogen-bond donors (Lipinski definition) is 2. The molecule has 1 saturated heterocycles. The van der Waals surface area contributed by atoms with Crippen LogP contribution >= 0.6 is 0 Å². The number of hydrogen-bond acceptors (Lipinski definition) is 3. The van der Waals surface area contributed by atoms with Crippen molar-refractivity contribution >= 4 is 5.96 Å². The molecule has 0 aliphatic carbocycles. The smallest absolute Gasteiger partial charge is 0.208 e. The number of nitrogens with one attached hydrogen (secondary N) is 1. The van der Waals surface area contributed by atoms with Crippen molar-refractivity contribution in [3.05, 3.63) is 0 Å². The molecule has 1 aliphatic rings. The lowest BCUT2D eigenvalue weighted by Gasteiger charge is -2.35. The molecule has 0 bridgehead atoms. The van der Waals surface area contributed by atoms with Gasteiger partial charge in [-0.25, -0.2) is 5.84 Å². The predicted octanol–water partition coefficient (Wildman–Crippen LogP) is 1.11. The van der Waals surface area contributed by atoms with E-state index in [2.05, 4.69) is 22.2 Å². The Morgan fingerprint density at radius 2 is 2.35 bits per heavy atom. The van der Waals surface area contributed by atoms with Crippen LogP contribution in [0, 0.1) is 0 Å². The minimum atomic E-state index is 0.533. The SMILES string of the molecule is CCOCCCN=C(NN)N1CCCCC1C. The second-order valence-electron chi connectivity index (χ2n) is 4.44. The van der Waals surface area contributed by atoms with Crippen molar-refractivity contribution in [3.63, 3.8) is 0 Å². The number of hydrazine groups is 1. The maximum atomic E-state index is 5.55. The standard InChI is InChI=1S/C12H26N4O/c1-3-17-10-6-8-14-12(15-13)16-9-5-4-7-11(16)2/h11H,3-10,13H2,1-2H3,(H,14,15). The Morgan fingerprint density at radius 3 is 3.00 bits per heavy atom. The van der Waals surface area contributed by atoms with Gasteiger partial charge in [-0.05, 0) is 39.5 Å². The third-order valence-electron chi connectivity index (χ3n) is 3.12. The summed E-state index contributed by atoms with van der Waals surface area (Å²) < 4.78 is 5.28. The first kappa shape index (κ1) is 14.3. The largest absolute Gasteiger partial charge is 0.382 e. The van der Waals surface area contributed by atoms with Crippen LogP contribution in [0.4, 0.5) is 0 Å². The molecule has 0 saturated carbocycles. The molecule has 1 atom stereocenters. The number of guanidine groups is 1. The Hall–Kier alpha value is -0.810. The van der Waals surface area contributed by atoms with Gasteiger partial charge in [-0.15, -0.1) is 0 Å². The van der Waals surface area contributed by atoms with Crippen LogP contribution in [0.15, 0.2) is 4.99 Å². The highest BCUT2D eigenvalue weighted by Crippen LogP contribution is 2.16. The van der Waals surface area contributed by atoms with Crippen molar-refractivity contribution in [2.75, 3.05) is 26.3 Å². The van der Waals surface area contributed by atoms with Crippen LogP contribution < -0.4 is 11.3 Å². The van der Waals surface area contributed by atoms with Crippen LogP contribution in [0.3, 0.4) is 0 Å². The molecule has 1 fully saturated rings. The summed E-state index contributed by atoms with van der Waals surface area (Å²) in [6.07, 6.45) is 4.70. The second kappa shape index (κ2) is 8.31.